The number of ether oxygens (including phenoxy) is 2. The Morgan fingerprint density at radius 3 is 2.33 bits per heavy atom. The summed E-state index contributed by atoms with van der Waals surface area (Å²) in [7, 11) is -3.59. The first-order valence-corrected chi connectivity index (χ1v) is 22.4. The highest BCUT2D eigenvalue weighted by molar-refractivity contribution is 6.72. The lowest BCUT2D eigenvalue weighted by atomic mass is 9.82. The van der Waals surface area contributed by atoms with Crippen LogP contribution >= 0.6 is 11.6 Å². The largest absolute Gasteiger partial charge is 0.454 e. The molecule has 0 saturated carbocycles. The van der Waals surface area contributed by atoms with Crippen molar-refractivity contribution in [2.24, 2.45) is 5.92 Å². The van der Waals surface area contributed by atoms with Gasteiger partial charge in [-0.3, -0.25) is 19.3 Å². The van der Waals surface area contributed by atoms with Gasteiger partial charge in [0.2, 0.25) is 14.3 Å². The minimum absolute atomic E-state index is 0.0978. The Kier molecular flexibility index (Phi) is 10.3. The monoisotopic (exact) mass is 803 g/mol. The summed E-state index contributed by atoms with van der Waals surface area (Å²) < 4.78 is 29.7. The van der Waals surface area contributed by atoms with E-state index in [1.54, 1.807) is 64.2 Å². The highest BCUT2D eigenvalue weighted by Gasteiger charge is 2.67. The predicted octanol–water partition coefficient (Wildman–Crippen LogP) is 9.16. The Bertz CT molecular complexity index is 2360. The van der Waals surface area contributed by atoms with E-state index < -0.39 is 31.6 Å². The van der Waals surface area contributed by atoms with E-state index >= 15 is 8.90 Å². The van der Waals surface area contributed by atoms with Crippen LogP contribution in [-0.2, 0) is 33.0 Å². The van der Waals surface area contributed by atoms with Crippen molar-refractivity contribution in [2.75, 3.05) is 23.0 Å². The molecule has 1 N–H and O–H groups in total. The van der Waals surface area contributed by atoms with Gasteiger partial charge in [-0.05, 0) is 78.8 Å². The van der Waals surface area contributed by atoms with Gasteiger partial charge in [0.1, 0.15) is 5.75 Å². The normalized spacial score (nSPS) is 21.2. The minimum atomic E-state index is -3.59. The van der Waals surface area contributed by atoms with Gasteiger partial charge in [-0.2, -0.15) is 0 Å². The predicted molar refractivity (Wildman–Crippen MR) is 220 cm³/mol. The number of carbonyl (C=O) groups excluding carboxylic acids is 3. The first-order valence-electron chi connectivity index (χ1n) is 19.1. The van der Waals surface area contributed by atoms with Crippen LogP contribution in [0, 0.1) is 5.92 Å². The van der Waals surface area contributed by atoms with E-state index in [9.17, 15) is 14.7 Å². The molecule has 0 radical (unpaired) electrons. The van der Waals surface area contributed by atoms with Gasteiger partial charge in [0.25, 0.3) is 11.8 Å². The van der Waals surface area contributed by atoms with E-state index in [2.05, 4.69) is 0 Å². The Morgan fingerprint density at radius 1 is 0.877 bits per heavy atom. The molecule has 0 unspecified atom stereocenters. The summed E-state index contributed by atoms with van der Waals surface area (Å²) in [6.07, 6.45) is -1.07. The molecule has 3 heterocycles. The van der Waals surface area contributed by atoms with Crippen molar-refractivity contribution in [3.8, 4) is 11.5 Å². The summed E-state index contributed by atoms with van der Waals surface area (Å²) in [6.45, 7) is 5.27. The number of halogens is 2. The molecule has 0 aromatic heterocycles. The summed E-state index contributed by atoms with van der Waals surface area (Å²) in [6, 6.07) is 36.6. The number of benzene rings is 5. The topological polar surface area (TPSA) is 99.6 Å². The maximum absolute atomic E-state index is 16.6. The van der Waals surface area contributed by atoms with E-state index in [0.717, 1.165) is 11.1 Å². The number of amides is 3. The first-order chi connectivity index (χ1) is 27.4. The molecule has 0 aliphatic carbocycles. The van der Waals surface area contributed by atoms with Crippen LogP contribution in [0.2, 0.25) is 23.7 Å². The Balaban J connectivity index is 1.13. The van der Waals surface area contributed by atoms with Crippen molar-refractivity contribution in [1.29, 1.82) is 0 Å². The number of carbonyl (C=O) groups is 3. The molecular formula is C45H43ClFN3O6Si. The van der Waals surface area contributed by atoms with Gasteiger partial charge in [-0.25, -0.2) is 0 Å². The van der Waals surface area contributed by atoms with E-state index in [-0.39, 0.29) is 50.4 Å². The zero-order chi connectivity index (χ0) is 40.1. The summed E-state index contributed by atoms with van der Waals surface area (Å²) >= 11 is 6.62. The van der Waals surface area contributed by atoms with Crippen molar-refractivity contribution >= 4 is 54.8 Å². The molecule has 12 heteroatoms. The fraction of sp³-hybridized carbons (Fsp3) is 0.267. The van der Waals surface area contributed by atoms with E-state index in [1.807, 2.05) is 91.9 Å². The smallest absolute Gasteiger partial charge is 0.266 e. The Morgan fingerprint density at radius 2 is 1.58 bits per heavy atom. The zero-order valence-corrected chi connectivity index (χ0v) is 33.7. The summed E-state index contributed by atoms with van der Waals surface area (Å²) in [5.74, 6) is -0.590. The summed E-state index contributed by atoms with van der Waals surface area (Å²) in [5, 5.41) is 10.3. The van der Waals surface area contributed by atoms with Gasteiger partial charge in [0, 0.05) is 40.8 Å². The van der Waals surface area contributed by atoms with Crippen LogP contribution in [0.5, 0.6) is 11.5 Å². The van der Waals surface area contributed by atoms with Crippen LogP contribution in [0.3, 0.4) is 0 Å². The molecule has 1 spiro atoms. The number of nitrogens with zero attached hydrogens (tertiary/aromatic N) is 3. The molecule has 3 amide bonds. The van der Waals surface area contributed by atoms with Crippen LogP contribution in [-0.4, -0.2) is 55.4 Å². The minimum Gasteiger partial charge on any atom is -0.454 e. The molecule has 0 bridgehead atoms. The van der Waals surface area contributed by atoms with Crippen molar-refractivity contribution in [3.63, 3.8) is 0 Å². The van der Waals surface area contributed by atoms with Crippen molar-refractivity contribution in [3.05, 3.63) is 149 Å². The highest BCUT2D eigenvalue weighted by Crippen LogP contribution is 2.60. The first kappa shape index (κ1) is 38.5. The molecule has 57 heavy (non-hydrogen) atoms. The Hall–Kier alpha value is -5.33. The van der Waals surface area contributed by atoms with Gasteiger partial charge in [0.05, 0.1) is 42.6 Å². The Labute approximate surface area is 337 Å². The molecule has 1 fully saturated rings. The maximum Gasteiger partial charge on any atom is 0.266 e. The summed E-state index contributed by atoms with van der Waals surface area (Å²) in [4.78, 5) is 48.1. The average molecular weight is 804 g/mol. The third-order valence-corrected chi connectivity index (χ3v) is 14.1. The van der Waals surface area contributed by atoms with Crippen LogP contribution in [0.1, 0.15) is 40.4 Å². The molecule has 1 saturated heterocycles. The molecule has 4 atom stereocenters. The van der Waals surface area contributed by atoms with Gasteiger partial charge in [0.15, 0.2) is 11.4 Å². The number of fused-ring (bicyclic) bond motifs is 4. The standard InChI is InChI=1S/C45H43ClFN3O6Si/c1-29-42(57(2,3)47)40(26-41(52)48(22-23-51)27-30-12-5-4-6-13-30)56-45(29)35-25-32(46)20-21-36(35)49(44(45)54)28-31-14-11-15-33(24-31)50-37-17-8-10-19-39(37)55-38-18-9-7-16-34(38)43(50)53/h4-21,24-25,29,40,42,51H,22-23,26-28H2,1-3H3/t29-,40+,42-,45+/m1/s1. The SMILES string of the molecule is C[C@@H]1[C@@H]([Si](C)(C)F)[C@H](CC(=O)N(CCO)Cc2ccccc2)O[C@@]12C(=O)N(Cc1cccc(N3C(=O)c4ccccc4Oc4ccccc43)c1)c1ccc(Cl)cc12. The lowest BCUT2D eigenvalue weighted by molar-refractivity contribution is -0.150. The number of aliphatic hydroxyl groups excluding tert-OH is 1. The second-order valence-electron chi connectivity index (χ2n) is 15.4. The van der Waals surface area contributed by atoms with Crippen molar-refractivity contribution in [2.45, 2.75) is 56.8 Å². The lowest BCUT2D eigenvalue weighted by Crippen LogP contribution is -2.45. The number of hydrogen-bond donors (Lipinski definition) is 1. The highest BCUT2D eigenvalue weighted by atomic mass is 35.5. The number of anilines is 3. The molecule has 3 aliphatic rings. The van der Waals surface area contributed by atoms with Gasteiger partial charge in [-0.1, -0.05) is 85.3 Å². The lowest BCUT2D eigenvalue weighted by Gasteiger charge is -2.31. The van der Waals surface area contributed by atoms with E-state index in [4.69, 9.17) is 21.1 Å². The number of hydrogen-bond acceptors (Lipinski definition) is 6. The average Bonchev–Trinajstić information content (AvgIpc) is 3.56. The van der Waals surface area contributed by atoms with Gasteiger partial charge >= 0.3 is 0 Å². The number of rotatable bonds is 10. The number of para-hydroxylation sites is 3. The zero-order valence-electron chi connectivity index (χ0n) is 31.9. The molecule has 5 aromatic carbocycles. The summed E-state index contributed by atoms with van der Waals surface area (Å²) in [5.41, 5.74) is 1.99. The van der Waals surface area contributed by atoms with Gasteiger partial charge < -0.3 is 28.5 Å². The molecule has 9 nitrogen and oxygen atoms in total. The second kappa shape index (κ2) is 15.2. The second-order valence-corrected chi connectivity index (χ2v) is 19.7. The fourth-order valence-corrected chi connectivity index (χ4v) is 11.6. The molecule has 292 valence electrons. The maximum atomic E-state index is 16.6. The van der Waals surface area contributed by atoms with Crippen LogP contribution in [0.15, 0.2) is 121 Å². The number of aliphatic hydroxyl groups is 1. The van der Waals surface area contributed by atoms with Crippen LogP contribution < -0.4 is 14.5 Å². The van der Waals surface area contributed by atoms with Crippen molar-refractivity contribution in [1.82, 2.24) is 4.90 Å². The fourth-order valence-electron chi connectivity index (χ4n) is 8.94. The van der Waals surface area contributed by atoms with E-state index in [1.165, 1.54) is 0 Å². The van der Waals surface area contributed by atoms with Crippen LogP contribution in [0.25, 0.3) is 0 Å². The van der Waals surface area contributed by atoms with Crippen LogP contribution in [0.4, 0.5) is 21.2 Å². The van der Waals surface area contributed by atoms with Crippen molar-refractivity contribution < 1.29 is 33.1 Å². The molecule has 8 rings (SSSR count). The van der Waals surface area contributed by atoms with E-state index in [0.29, 0.717) is 44.7 Å². The third-order valence-electron chi connectivity index (χ3n) is 11.4. The molecule has 5 aromatic rings. The third kappa shape index (κ3) is 6.92. The molecular weight excluding hydrogens is 761 g/mol. The quantitative estimate of drug-likeness (QED) is 0.112. The van der Waals surface area contributed by atoms with Gasteiger partial charge in [-0.15, -0.1) is 0 Å². The molecule has 3 aliphatic heterocycles.